The highest BCUT2D eigenvalue weighted by atomic mass is 19.1. The molecule has 1 saturated heterocycles. The van der Waals surface area contributed by atoms with Crippen molar-refractivity contribution >= 4 is 11.8 Å². The van der Waals surface area contributed by atoms with Gasteiger partial charge in [-0.2, -0.15) is 0 Å². The molecule has 138 valence electrons. The number of amides is 2. The second-order valence-corrected chi connectivity index (χ2v) is 7.41. The van der Waals surface area contributed by atoms with Gasteiger partial charge in [0.2, 0.25) is 11.8 Å². The van der Waals surface area contributed by atoms with Gasteiger partial charge in [0.15, 0.2) is 0 Å². The van der Waals surface area contributed by atoms with Gasteiger partial charge in [0.25, 0.3) is 0 Å². The number of rotatable bonds is 5. The lowest BCUT2D eigenvalue weighted by Crippen LogP contribution is -2.47. The van der Waals surface area contributed by atoms with E-state index in [0.717, 1.165) is 0 Å². The van der Waals surface area contributed by atoms with E-state index in [1.165, 1.54) is 12.1 Å². The highest BCUT2D eigenvalue weighted by molar-refractivity contribution is 5.82. The first-order valence-corrected chi connectivity index (χ1v) is 8.73. The van der Waals surface area contributed by atoms with Gasteiger partial charge in [-0.15, -0.1) is 0 Å². The van der Waals surface area contributed by atoms with Crippen LogP contribution < -0.4 is 10.1 Å². The molecule has 0 saturated carbocycles. The maximum Gasteiger partial charge on any atom is 0.227 e. The Morgan fingerprint density at radius 3 is 2.36 bits per heavy atom. The normalized spacial score (nSPS) is 15.8. The first-order valence-electron chi connectivity index (χ1n) is 8.73. The Labute approximate surface area is 148 Å². The minimum Gasteiger partial charge on any atom is -0.492 e. The molecule has 1 aliphatic heterocycles. The molecule has 0 spiro atoms. The number of hydrogen-bond donors (Lipinski definition) is 1. The van der Waals surface area contributed by atoms with E-state index in [1.807, 2.05) is 25.7 Å². The Morgan fingerprint density at radius 1 is 1.20 bits per heavy atom. The predicted molar refractivity (Wildman–Crippen MR) is 93.7 cm³/mol. The highest BCUT2D eigenvalue weighted by Crippen LogP contribution is 2.23. The lowest BCUT2D eigenvalue weighted by Gasteiger charge is -2.35. The number of benzene rings is 1. The molecule has 2 amide bonds. The molecule has 2 rings (SSSR count). The molecule has 5 nitrogen and oxygen atoms in total. The molecule has 0 atom stereocenters. The Bertz CT molecular complexity index is 588. The van der Waals surface area contributed by atoms with E-state index in [0.29, 0.717) is 44.8 Å². The van der Waals surface area contributed by atoms with E-state index in [9.17, 15) is 14.0 Å². The second kappa shape index (κ2) is 8.32. The molecule has 1 heterocycles. The minimum atomic E-state index is -0.382. The van der Waals surface area contributed by atoms with E-state index >= 15 is 0 Å². The predicted octanol–water partition coefficient (Wildman–Crippen LogP) is 2.61. The highest BCUT2D eigenvalue weighted by Gasteiger charge is 2.32. The first-order chi connectivity index (χ1) is 11.8. The number of ether oxygens (including phenoxy) is 1. The molecule has 0 aromatic heterocycles. The third-order valence-corrected chi connectivity index (χ3v) is 4.28. The van der Waals surface area contributed by atoms with Crippen LogP contribution in [0.15, 0.2) is 24.3 Å². The summed E-state index contributed by atoms with van der Waals surface area (Å²) in [5, 5.41) is 2.87. The number of carbonyl (C=O) groups excluding carboxylic acids is 2. The van der Waals surface area contributed by atoms with Crippen LogP contribution in [0.4, 0.5) is 4.39 Å². The van der Waals surface area contributed by atoms with Crippen LogP contribution in [-0.4, -0.2) is 43.0 Å². The number of hydrogen-bond acceptors (Lipinski definition) is 3. The topological polar surface area (TPSA) is 58.6 Å². The largest absolute Gasteiger partial charge is 0.492 e. The Hall–Kier alpha value is -2.11. The van der Waals surface area contributed by atoms with Crippen molar-refractivity contribution in [1.82, 2.24) is 10.2 Å². The molecular formula is C19H27FN2O3. The fourth-order valence-electron chi connectivity index (χ4n) is 2.84. The summed E-state index contributed by atoms with van der Waals surface area (Å²) in [5.41, 5.74) is -0.382. The summed E-state index contributed by atoms with van der Waals surface area (Å²) < 4.78 is 18.2. The Balaban J connectivity index is 1.67. The molecule has 0 bridgehead atoms. The third kappa shape index (κ3) is 5.73. The maximum atomic E-state index is 12.8. The van der Waals surface area contributed by atoms with Gasteiger partial charge in [0.05, 0.1) is 6.54 Å². The van der Waals surface area contributed by atoms with Crippen molar-refractivity contribution < 1.29 is 18.7 Å². The molecule has 1 aromatic rings. The van der Waals surface area contributed by atoms with E-state index in [4.69, 9.17) is 4.74 Å². The number of carbonyl (C=O) groups is 2. The standard InChI is InChI=1S/C19H27FN2O3/c1-19(2,3)18(24)22-11-8-14(9-12-22)17(23)21-10-13-25-16-6-4-15(20)5-7-16/h4-7,14H,8-13H2,1-3H3,(H,21,23). The molecule has 1 fully saturated rings. The van der Waals surface area contributed by atoms with Crippen molar-refractivity contribution in [2.75, 3.05) is 26.2 Å². The molecule has 0 aliphatic carbocycles. The van der Waals surface area contributed by atoms with Crippen molar-refractivity contribution in [3.63, 3.8) is 0 Å². The number of piperidine rings is 1. The van der Waals surface area contributed by atoms with Crippen LogP contribution in [0.2, 0.25) is 0 Å². The van der Waals surface area contributed by atoms with Crippen LogP contribution in [-0.2, 0) is 9.59 Å². The summed E-state index contributed by atoms with van der Waals surface area (Å²) >= 11 is 0. The van der Waals surface area contributed by atoms with Gasteiger partial charge >= 0.3 is 0 Å². The zero-order chi connectivity index (χ0) is 18.4. The zero-order valence-corrected chi connectivity index (χ0v) is 15.2. The van der Waals surface area contributed by atoms with E-state index in [1.54, 1.807) is 12.1 Å². The number of likely N-dealkylation sites (tertiary alicyclic amines) is 1. The number of nitrogens with zero attached hydrogens (tertiary/aromatic N) is 1. The fraction of sp³-hybridized carbons (Fsp3) is 0.579. The molecule has 25 heavy (non-hydrogen) atoms. The lowest BCUT2D eigenvalue weighted by molar-refractivity contribution is -0.142. The van der Waals surface area contributed by atoms with Crippen LogP contribution in [0, 0.1) is 17.2 Å². The smallest absolute Gasteiger partial charge is 0.227 e. The van der Waals surface area contributed by atoms with Gasteiger partial charge in [-0.3, -0.25) is 9.59 Å². The second-order valence-electron chi connectivity index (χ2n) is 7.41. The number of halogens is 1. The average molecular weight is 350 g/mol. The molecule has 1 aliphatic rings. The molecule has 1 aromatic carbocycles. The van der Waals surface area contributed by atoms with Gasteiger partial charge in [-0.1, -0.05) is 20.8 Å². The van der Waals surface area contributed by atoms with Gasteiger partial charge in [-0.05, 0) is 37.1 Å². The summed E-state index contributed by atoms with van der Waals surface area (Å²) in [7, 11) is 0. The summed E-state index contributed by atoms with van der Waals surface area (Å²) in [4.78, 5) is 26.3. The zero-order valence-electron chi connectivity index (χ0n) is 15.2. The van der Waals surface area contributed by atoms with Crippen molar-refractivity contribution in [2.45, 2.75) is 33.6 Å². The van der Waals surface area contributed by atoms with Gasteiger partial charge < -0.3 is 15.0 Å². The van der Waals surface area contributed by atoms with Gasteiger partial charge in [0.1, 0.15) is 18.2 Å². The molecular weight excluding hydrogens is 323 g/mol. The first kappa shape index (κ1) is 19.2. The Kier molecular flexibility index (Phi) is 6.39. The third-order valence-electron chi connectivity index (χ3n) is 4.28. The maximum absolute atomic E-state index is 12.8. The van der Waals surface area contributed by atoms with E-state index in [-0.39, 0.29) is 29.0 Å². The monoisotopic (exact) mass is 350 g/mol. The lowest BCUT2D eigenvalue weighted by atomic mass is 9.91. The summed E-state index contributed by atoms with van der Waals surface area (Å²) in [6, 6.07) is 5.78. The van der Waals surface area contributed by atoms with Crippen molar-refractivity contribution in [2.24, 2.45) is 11.3 Å². The van der Waals surface area contributed by atoms with Crippen molar-refractivity contribution in [3.8, 4) is 5.75 Å². The fourth-order valence-corrected chi connectivity index (χ4v) is 2.84. The van der Waals surface area contributed by atoms with Crippen LogP contribution in [0.3, 0.4) is 0 Å². The quantitative estimate of drug-likeness (QED) is 0.831. The average Bonchev–Trinajstić information content (AvgIpc) is 2.58. The summed E-state index contributed by atoms with van der Waals surface area (Å²) in [5.74, 6) is 0.348. The van der Waals surface area contributed by atoms with Crippen molar-refractivity contribution in [3.05, 3.63) is 30.1 Å². The van der Waals surface area contributed by atoms with Crippen LogP contribution >= 0.6 is 0 Å². The van der Waals surface area contributed by atoms with Crippen molar-refractivity contribution in [1.29, 1.82) is 0 Å². The minimum absolute atomic E-state index is 0.00515. The van der Waals surface area contributed by atoms with Crippen LogP contribution in [0.5, 0.6) is 5.75 Å². The van der Waals surface area contributed by atoms with Crippen LogP contribution in [0.1, 0.15) is 33.6 Å². The molecule has 6 heteroatoms. The molecule has 1 N–H and O–H groups in total. The SMILES string of the molecule is CC(C)(C)C(=O)N1CCC(C(=O)NCCOc2ccc(F)cc2)CC1. The van der Waals surface area contributed by atoms with Gasteiger partial charge in [-0.25, -0.2) is 4.39 Å². The Morgan fingerprint density at radius 2 is 1.80 bits per heavy atom. The number of nitrogens with one attached hydrogen (secondary N) is 1. The molecule has 0 radical (unpaired) electrons. The molecule has 0 unspecified atom stereocenters. The van der Waals surface area contributed by atoms with Gasteiger partial charge in [0, 0.05) is 24.4 Å². The van der Waals surface area contributed by atoms with Crippen LogP contribution in [0.25, 0.3) is 0 Å². The summed E-state index contributed by atoms with van der Waals surface area (Å²) in [6.07, 6.45) is 1.37. The van der Waals surface area contributed by atoms with E-state index < -0.39 is 0 Å². The summed E-state index contributed by atoms with van der Waals surface area (Å²) in [6.45, 7) is 7.72. The van der Waals surface area contributed by atoms with E-state index in [2.05, 4.69) is 5.32 Å².